The molecule has 0 fully saturated rings. The minimum absolute atomic E-state index is 0.0438. The highest BCUT2D eigenvalue weighted by atomic mass is 16.4. The second kappa shape index (κ2) is 8.84. The third kappa shape index (κ3) is 5.21. The van der Waals surface area contributed by atoms with Crippen molar-refractivity contribution in [1.82, 2.24) is 5.32 Å². The molecular formula is C19H21NO4. The average Bonchev–Trinajstić information content (AvgIpc) is 2.60. The quantitative estimate of drug-likeness (QED) is 0.696. The second-order valence-corrected chi connectivity index (χ2v) is 5.56. The molecule has 3 N–H and O–H groups in total. The minimum atomic E-state index is -0.917. The van der Waals surface area contributed by atoms with E-state index in [0.29, 0.717) is 18.4 Å². The Kier molecular flexibility index (Phi) is 6.51. The van der Waals surface area contributed by atoms with Crippen LogP contribution in [0.2, 0.25) is 0 Å². The maximum Gasteiger partial charge on any atom is 0.303 e. The summed E-state index contributed by atoms with van der Waals surface area (Å²) in [6, 6.07) is 16.7. The highest BCUT2D eigenvalue weighted by Gasteiger charge is 2.15. The zero-order valence-corrected chi connectivity index (χ0v) is 13.3. The van der Waals surface area contributed by atoms with E-state index in [2.05, 4.69) is 5.32 Å². The predicted octanol–water partition coefficient (Wildman–Crippen LogP) is 2.70. The lowest BCUT2D eigenvalue weighted by Crippen LogP contribution is -2.36. The van der Waals surface area contributed by atoms with Crippen molar-refractivity contribution in [1.29, 1.82) is 0 Å². The number of aliphatic carboxylic acids is 1. The Balaban J connectivity index is 2.01. The highest BCUT2D eigenvalue weighted by molar-refractivity contribution is 5.94. The van der Waals surface area contributed by atoms with E-state index in [1.807, 2.05) is 42.5 Å². The average molecular weight is 327 g/mol. The fourth-order valence-electron chi connectivity index (χ4n) is 2.46. The number of aliphatic hydroxyl groups excluding tert-OH is 1. The zero-order chi connectivity index (χ0) is 17.4. The topological polar surface area (TPSA) is 86.6 Å². The van der Waals surface area contributed by atoms with Crippen molar-refractivity contribution in [2.24, 2.45) is 0 Å². The van der Waals surface area contributed by atoms with Crippen molar-refractivity contribution in [3.8, 4) is 11.1 Å². The summed E-state index contributed by atoms with van der Waals surface area (Å²) in [6.07, 6.45) is 0.586. The summed E-state index contributed by atoms with van der Waals surface area (Å²) in [5.74, 6) is -1.18. The molecule has 5 heteroatoms. The van der Waals surface area contributed by atoms with E-state index in [1.54, 1.807) is 12.1 Å². The molecule has 0 aromatic heterocycles. The van der Waals surface area contributed by atoms with Crippen LogP contribution in [0.3, 0.4) is 0 Å². The first-order valence-corrected chi connectivity index (χ1v) is 7.89. The second-order valence-electron chi connectivity index (χ2n) is 5.56. The van der Waals surface area contributed by atoms with Gasteiger partial charge in [0.1, 0.15) is 0 Å². The summed E-state index contributed by atoms with van der Waals surface area (Å²) in [4.78, 5) is 22.9. The van der Waals surface area contributed by atoms with Crippen LogP contribution in [-0.2, 0) is 4.79 Å². The fourth-order valence-corrected chi connectivity index (χ4v) is 2.46. The molecule has 0 aliphatic heterocycles. The number of carboxylic acids is 1. The van der Waals surface area contributed by atoms with Gasteiger partial charge in [-0.3, -0.25) is 9.59 Å². The van der Waals surface area contributed by atoms with Gasteiger partial charge in [0.25, 0.3) is 5.91 Å². The Hall–Kier alpha value is -2.66. The SMILES string of the molecule is O=C(O)CCC(CCO)NC(=O)c1ccc(-c2ccccc2)cc1. The zero-order valence-electron chi connectivity index (χ0n) is 13.3. The summed E-state index contributed by atoms with van der Waals surface area (Å²) in [7, 11) is 0. The third-order valence-electron chi connectivity index (χ3n) is 3.77. The van der Waals surface area contributed by atoms with E-state index in [-0.39, 0.29) is 25.0 Å². The maximum absolute atomic E-state index is 12.3. The molecule has 0 heterocycles. The van der Waals surface area contributed by atoms with Gasteiger partial charge in [0, 0.05) is 24.6 Å². The minimum Gasteiger partial charge on any atom is -0.481 e. The number of nitrogens with one attached hydrogen (secondary N) is 1. The number of amides is 1. The van der Waals surface area contributed by atoms with Gasteiger partial charge in [0.15, 0.2) is 0 Å². The molecule has 24 heavy (non-hydrogen) atoms. The molecule has 2 aromatic carbocycles. The molecular weight excluding hydrogens is 306 g/mol. The standard InChI is InChI=1S/C19H21NO4/c21-13-12-17(10-11-18(22)23)20-19(24)16-8-6-15(7-9-16)14-4-2-1-3-5-14/h1-9,17,21H,10-13H2,(H,20,24)(H,22,23). The first-order chi connectivity index (χ1) is 11.6. The molecule has 0 bridgehead atoms. The van der Waals surface area contributed by atoms with Crippen LogP contribution in [0.5, 0.6) is 0 Å². The molecule has 5 nitrogen and oxygen atoms in total. The Morgan fingerprint density at radius 1 is 0.917 bits per heavy atom. The van der Waals surface area contributed by atoms with Gasteiger partial charge >= 0.3 is 5.97 Å². The van der Waals surface area contributed by atoms with Crippen LogP contribution in [0, 0.1) is 0 Å². The van der Waals surface area contributed by atoms with E-state index in [1.165, 1.54) is 0 Å². The number of carboxylic acid groups (broad SMARTS) is 1. The molecule has 0 aliphatic rings. The highest BCUT2D eigenvalue weighted by Crippen LogP contribution is 2.19. The van der Waals surface area contributed by atoms with E-state index < -0.39 is 5.97 Å². The molecule has 1 unspecified atom stereocenters. The molecule has 126 valence electrons. The van der Waals surface area contributed by atoms with Crippen molar-refractivity contribution < 1.29 is 19.8 Å². The molecule has 0 spiro atoms. The normalized spacial score (nSPS) is 11.7. The number of aliphatic hydroxyl groups is 1. The third-order valence-corrected chi connectivity index (χ3v) is 3.77. The van der Waals surface area contributed by atoms with E-state index in [4.69, 9.17) is 10.2 Å². The van der Waals surface area contributed by atoms with Crippen LogP contribution in [0.4, 0.5) is 0 Å². The summed E-state index contributed by atoms with van der Waals surface area (Å²) < 4.78 is 0. The Bertz CT molecular complexity index is 668. The van der Waals surface area contributed by atoms with Crippen molar-refractivity contribution >= 4 is 11.9 Å². The molecule has 2 aromatic rings. The smallest absolute Gasteiger partial charge is 0.303 e. The molecule has 0 radical (unpaired) electrons. The van der Waals surface area contributed by atoms with Gasteiger partial charge in [-0.2, -0.15) is 0 Å². The van der Waals surface area contributed by atoms with Crippen molar-refractivity contribution in [3.05, 3.63) is 60.2 Å². The van der Waals surface area contributed by atoms with Crippen LogP contribution in [0.1, 0.15) is 29.6 Å². The lowest BCUT2D eigenvalue weighted by atomic mass is 10.0. The van der Waals surface area contributed by atoms with E-state index in [0.717, 1.165) is 11.1 Å². The summed E-state index contributed by atoms with van der Waals surface area (Å²) in [6.45, 7) is -0.0997. The van der Waals surface area contributed by atoms with Crippen LogP contribution < -0.4 is 5.32 Å². The van der Waals surface area contributed by atoms with Crippen LogP contribution in [0.25, 0.3) is 11.1 Å². The van der Waals surface area contributed by atoms with Gasteiger partial charge in [-0.25, -0.2) is 0 Å². The number of hydrogen-bond donors (Lipinski definition) is 3. The van der Waals surface area contributed by atoms with Gasteiger partial charge in [0.2, 0.25) is 0 Å². The molecule has 0 aliphatic carbocycles. The lowest BCUT2D eigenvalue weighted by Gasteiger charge is -2.17. The fraction of sp³-hybridized carbons (Fsp3) is 0.263. The van der Waals surface area contributed by atoms with Gasteiger partial charge in [0.05, 0.1) is 0 Å². The van der Waals surface area contributed by atoms with Gasteiger partial charge < -0.3 is 15.5 Å². The molecule has 2 rings (SSSR count). The molecule has 0 saturated carbocycles. The molecule has 1 atom stereocenters. The monoisotopic (exact) mass is 327 g/mol. The van der Waals surface area contributed by atoms with Gasteiger partial charge in [-0.1, -0.05) is 42.5 Å². The molecule has 1 amide bonds. The first kappa shape index (κ1) is 17.7. The summed E-state index contributed by atoms with van der Waals surface area (Å²) >= 11 is 0. The van der Waals surface area contributed by atoms with Crippen molar-refractivity contribution in [2.45, 2.75) is 25.3 Å². The lowest BCUT2D eigenvalue weighted by molar-refractivity contribution is -0.137. The van der Waals surface area contributed by atoms with Crippen molar-refractivity contribution in [2.75, 3.05) is 6.61 Å². The maximum atomic E-state index is 12.3. The number of carbonyl (C=O) groups is 2. The number of carbonyl (C=O) groups excluding carboxylic acids is 1. The van der Waals surface area contributed by atoms with Crippen molar-refractivity contribution in [3.63, 3.8) is 0 Å². The Labute approximate surface area is 141 Å². The largest absolute Gasteiger partial charge is 0.481 e. The van der Waals surface area contributed by atoms with Crippen LogP contribution in [0.15, 0.2) is 54.6 Å². The Morgan fingerprint density at radius 3 is 2.12 bits per heavy atom. The predicted molar refractivity (Wildman–Crippen MR) is 91.7 cm³/mol. The number of benzene rings is 2. The summed E-state index contributed by atoms with van der Waals surface area (Å²) in [5.41, 5.74) is 2.60. The first-order valence-electron chi connectivity index (χ1n) is 7.89. The summed E-state index contributed by atoms with van der Waals surface area (Å²) in [5, 5.41) is 20.6. The van der Waals surface area contributed by atoms with Gasteiger partial charge in [-0.15, -0.1) is 0 Å². The van der Waals surface area contributed by atoms with E-state index >= 15 is 0 Å². The van der Waals surface area contributed by atoms with Crippen LogP contribution >= 0.6 is 0 Å². The molecule has 0 saturated heterocycles. The Morgan fingerprint density at radius 2 is 1.54 bits per heavy atom. The number of rotatable bonds is 8. The number of hydrogen-bond acceptors (Lipinski definition) is 3. The van der Waals surface area contributed by atoms with E-state index in [9.17, 15) is 9.59 Å². The van der Waals surface area contributed by atoms with Crippen LogP contribution in [-0.4, -0.2) is 34.7 Å². The van der Waals surface area contributed by atoms with Gasteiger partial charge in [-0.05, 0) is 36.1 Å².